The zero-order chi connectivity index (χ0) is 13.0. The van der Waals surface area contributed by atoms with Gasteiger partial charge in [0.25, 0.3) is 0 Å². The van der Waals surface area contributed by atoms with E-state index in [1.165, 1.54) is 16.7 Å². The van der Waals surface area contributed by atoms with Crippen molar-refractivity contribution in [1.29, 1.82) is 0 Å². The fourth-order valence-electron chi connectivity index (χ4n) is 2.07. The van der Waals surface area contributed by atoms with Gasteiger partial charge in [-0.15, -0.1) is 0 Å². The number of nitrogens with two attached hydrogens (primary N) is 1. The maximum Gasteiger partial charge on any atom is 0.0227 e. The summed E-state index contributed by atoms with van der Waals surface area (Å²) in [5.74, 6) is 0. The van der Waals surface area contributed by atoms with Crippen molar-refractivity contribution in [2.75, 3.05) is 14.1 Å². The number of nitrogens with zero attached hydrogens (tertiary/aromatic N) is 1. The second kappa shape index (κ2) is 5.80. The van der Waals surface area contributed by atoms with Crippen LogP contribution in [0, 0.1) is 6.07 Å². The van der Waals surface area contributed by atoms with Gasteiger partial charge in [0.2, 0.25) is 0 Å². The maximum absolute atomic E-state index is 5.76. The molecule has 0 saturated heterocycles. The van der Waals surface area contributed by atoms with E-state index in [1.54, 1.807) is 0 Å². The maximum atomic E-state index is 5.76. The third-order valence-electron chi connectivity index (χ3n) is 2.93. The van der Waals surface area contributed by atoms with Gasteiger partial charge in [0.15, 0.2) is 0 Å². The van der Waals surface area contributed by atoms with E-state index in [-0.39, 0.29) is 0 Å². The van der Waals surface area contributed by atoms with Gasteiger partial charge in [0.1, 0.15) is 0 Å². The first-order valence-electron chi connectivity index (χ1n) is 6.14. The van der Waals surface area contributed by atoms with Crippen LogP contribution in [0.3, 0.4) is 0 Å². The van der Waals surface area contributed by atoms with Crippen LogP contribution in [0.15, 0.2) is 42.5 Å². The van der Waals surface area contributed by atoms with Crippen LogP contribution in [0.4, 0.5) is 0 Å². The molecule has 2 rings (SSSR count). The van der Waals surface area contributed by atoms with Crippen molar-refractivity contribution >= 4 is 0 Å². The van der Waals surface area contributed by atoms with Crippen molar-refractivity contribution in [3.05, 3.63) is 59.7 Å². The van der Waals surface area contributed by atoms with Crippen molar-refractivity contribution in [1.82, 2.24) is 4.90 Å². The van der Waals surface area contributed by atoms with E-state index >= 15 is 0 Å². The number of hydrogen-bond donors (Lipinski definition) is 1. The summed E-state index contributed by atoms with van der Waals surface area (Å²) >= 11 is 0. The molecule has 0 amide bonds. The monoisotopic (exact) mass is 239 g/mol. The van der Waals surface area contributed by atoms with Crippen LogP contribution >= 0.6 is 0 Å². The zero-order valence-electron chi connectivity index (χ0n) is 11.0. The molecule has 0 spiro atoms. The van der Waals surface area contributed by atoms with Gasteiger partial charge in [0.05, 0.1) is 0 Å². The Morgan fingerprint density at radius 3 is 2.44 bits per heavy atom. The molecule has 0 aliphatic heterocycles. The van der Waals surface area contributed by atoms with Crippen LogP contribution in [0.1, 0.15) is 11.1 Å². The smallest absolute Gasteiger partial charge is 0.0227 e. The van der Waals surface area contributed by atoms with Gasteiger partial charge in [-0.3, -0.25) is 0 Å². The zero-order valence-corrected chi connectivity index (χ0v) is 11.0. The lowest BCUT2D eigenvalue weighted by Crippen LogP contribution is -2.10. The van der Waals surface area contributed by atoms with Crippen LogP contribution in [-0.2, 0) is 13.1 Å². The Kier molecular flexibility index (Phi) is 4.13. The van der Waals surface area contributed by atoms with Gasteiger partial charge >= 0.3 is 0 Å². The van der Waals surface area contributed by atoms with Gasteiger partial charge in [-0.25, -0.2) is 0 Å². The average Bonchev–Trinajstić information content (AvgIpc) is 2.39. The minimum Gasteiger partial charge on any atom is -0.326 e. The van der Waals surface area contributed by atoms with Crippen molar-refractivity contribution in [3.8, 4) is 11.1 Å². The molecule has 0 saturated carbocycles. The largest absolute Gasteiger partial charge is 0.326 e. The predicted molar refractivity (Wildman–Crippen MR) is 76.0 cm³/mol. The average molecular weight is 239 g/mol. The lowest BCUT2D eigenvalue weighted by Gasteiger charge is -2.11. The van der Waals surface area contributed by atoms with Gasteiger partial charge in [0, 0.05) is 13.1 Å². The second-order valence-electron chi connectivity index (χ2n) is 4.72. The Bertz CT molecular complexity index is 501. The van der Waals surface area contributed by atoms with E-state index in [1.807, 2.05) is 12.1 Å². The second-order valence-corrected chi connectivity index (χ2v) is 4.72. The van der Waals surface area contributed by atoms with Gasteiger partial charge in [-0.1, -0.05) is 36.4 Å². The van der Waals surface area contributed by atoms with Crippen molar-refractivity contribution in [2.24, 2.45) is 5.73 Å². The van der Waals surface area contributed by atoms with Gasteiger partial charge in [-0.2, -0.15) is 0 Å². The van der Waals surface area contributed by atoms with Crippen LogP contribution < -0.4 is 5.73 Å². The van der Waals surface area contributed by atoms with E-state index in [9.17, 15) is 0 Å². The molecule has 2 N–H and O–H groups in total. The SMILES string of the molecule is CN(C)Cc1ccc(-c2cc[c]cc2CN)cc1. The van der Waals surface area contributed by atoms with Crippen LogP contribution in [0.5, 0.6) is 0 Å². The highest BCUT2D eigenvalue weighted by Crippen LogP contribution is 2.23. The van der Waals surface area contributed by atoms with E-state index in [4.69, 9.17) is 5.73 Å². The Hall–Kier alpha value is -1.64. The molecular formula is C16H19N2. The molecule has 0 atom stereocenters. The highest BCUT2D eigenvalue weighted by molar-refractivity contribution is 5.67. The first-order valence-corrected chi connectivity index (χ1v) is 6.14. The molecule has 2 nitrogen and oxygen atoms in total. The minimum absolute atomic E-state index is 0.548. The summed E-state index contributed by atoms with van der Waals surface area (Å²) in [4.78, 5) is 2.16. The Morgan fingerprint density at radius 1 is 1.11 bits per heavy atom. The third-order valence-corrected chi connectivity index (χ3v) is 2.93. The molecule has 2 aromatic carbocycles. The summed E-state index contributed by atoms with van der Waals surface area (Å²) in [6.45, 7) is 1.51. The molecular weight excluding hydrogens is 220 g/mol. The molecule has 0 bridgehead atoms. The van der Waals surface area contributed by atoms with E-state index in [0.717, 1.165) is 12.1 Å². The molecule has 0 aromatic heterocycles. The fourth-order valence-corrected chi connectivity index (χ4v) is 2.07. The standard InChI is InChI=1S/C16H19N2/c1-18(2)12-13-7-9-14(10-8-13)16-6-4-3-5-15(16)11-17/h4-10H,11-12,17H2,1-2H3. The topological polar surface area (TPSA) is 29.3 Å². The van der Waals surface area contributed by atoms with Crippen LogP contribution in [0.25, 0.3) is 11.1 Å². The van der Waals surface area contributed by atoms with E-state index in [2.05, 4.69) is 55.4 Å². The van der Waals surface area contributed by atoms with Crippen LogP contribution in [0.2, 0.25) is 0 Å². The summed E-state index contributed by atoms with van der Waals surface area (Å²) in [5, 5.41) is 0. The summed E-state index contributed by atoms with van der Waals surface area (Å²) in [7, 11) is 4.15. The highest BCUT2D eigenvalue weighted by Gasteiger charge is 2.03. The molecule has 93 valence electrons. The normalized spacial score (nSPS) is 10.9. The van der Waals surface area contributed by atoms with Gasteiger partial charge < -0.3 is 10.6 Å². The highest BCUT2D eigenvalue weighted by atomic mass is 15.0. The number of rotatable bonds is 4. The Morgan fingerprint density at radius 2 is 1.83 bits per heavy atom. The molecule has 1 radical (unpaired) electrons. The Balaban J connectivity index is 2.28. The van der Waals surface area contributed by atoms with E-state index in [0.29, 0.717) is 6.54 Å². The molecule has 0 aliphatic carbocycles. The summed E-state index contributed by atoms with van der Waals surface area (Å²) in [6.07, 6.45) is 0. The summed E-state index contributed by atoms with van der Waals surface area (Å²) < 4.78 is 0. The molecule has 0 unspecified atom stereocenters. The lowest BCUT2D eigenvalue weighted by molar-refractivity contribution is 0.402. The van der Waals surface area contributed by atoms with Crippen molar-refractivity contribution in [2.45, 2.75) is 13.1 Å². The van der Waals surface area contributed by atoms with Crippen LogP contribution in [-0.4, -0.2) is 19.0 Å². The molecule has 2 aromatic rings. The quantitative estimate of drug-likeness (QED) is 0.888. The molecule has 0 fully saturated rings. The molecule has 0 aliphatic rings. The van der Waals surface area contributed by atoms with E-state index < -0.39 is 0 Å². The van der Waals surface area contributed by atoms with Crippen molar-refractivity contribution < 1.29 is 0 Å². The molecule has 2 heteroatoms. The fraction of sp³-hybridized carbons (Fsp3) is 0.250. The van der Waals surface area contributed by atoms with Crippen molar-refractivity contribution in [3.63, 3.8) is 0 Å². The number of hydrogen-bond acceptors (Lipinski definition) is 2. The molecule has 18 heavy (non-hydrogen) atoms. The Labute approximate surface area is 109 Å². The third kappa shape index (κ3) is 2.97. The summed E-state index contributed by atoms with van der Waals surface area (Å²) in [5.41, 5.74) is 10.6. The lowest BCUT2D eigenvalue weighted by atomic mass is 9.99. The minimum atomic E-state index is 0.548. The number of benzene rings is 2. The predicted octanol–water partition coefficient (Wildman–Crippen LogP) is 2.67. The first-order chi connectivity index (χ1) is 8.70. The van der Waals surface area contributed by atoms with Gasteiger partial charge in [-0.05, 0) is 48.5 Å². The molecule has 0 heterocycles. The summed E-state index contributed by atoms with van der Waals surface area (Å²) in [6, 6.07) is 17.7. The first kappa shape index (κ1) is 12.8.